The number of phosphoric ester groups is 1. The summed E-state index contributed by atoms with van der Waals surface area (Å²) in [4.78, 5) is 19.3. The third-order valence-electron chi connectivity index (χ3n) is 17.0. The van der Waals surface area contributed by atoms with Crippen LogP contribution in [0.5, 0.6) is 0 Å². The van der Waals surface area contributed by atoms with Crippen LogP contribution in [0, 0.1) is 0 Å². The van der Waals surface area contributed by atoms with E-state index in [0.717, 1.165) is 0 Å². The second kappa shape index (κ2) is 32.9. The van der Waals surface area contributed by atoms with Crippen molar-refractivity contribution < 1.29 is 212 Å². The highest BCUT2D eigenvalue weighted by Gasteiger charge is 2.60. The maximum atomic E-state index is 12.1. The first-order valence-corrected chi connectivity index (χ1v) is 30.5. The van der Waals surface area contributed by atoms with Crippen molar-refractivity contribution in [1.29, 1.82) is 0 Å². The summed E-state index contributed by atoms with van der Waals surface area (Å²) in [6.45, 7) is -8.98. The van der Waals surface area contributed by atoms with Crippen molar-refractivity contribution in [2.45, 2.75) is 246 Å². The van der Waals surface area contributed by atoms with E-state index in [0.29, 0.717) is 0 Å². The van der Waals surface area contributed by atoms with Crippen molar-refractivity contribution in [1.82, 2.24) is 0 Å². The number of ether oxygens (including phenoxy) is 15. The summed E-state index contributed by atoms with van der Waals surface area (Å²) in [6.07, 6.45) is -84.5. The molecule has 0 aromatic rings. The summed E-state index contributed by atoms with van der Waals surface area (Å²) in [7, 11) is -5.51. The Kier molecular flexibility index (Phi) is 27.3. The van der Waals surface area contributed by atoms with E-state index in [-0.39, 0.29) is 0 Å². The quantitative estimate of drug-likeness (QED) is 0.0399. The van der Waals surface area contributed by atoms with Crippen LogP contribution in [0.4, 0.5) is 0 Å². The van der Waals surface area contributed by atoms with Crippen LogP contribution in [0.1, 0.15) is 0 Å². The lowest BCUT2D eigenvalue weighted by Crippen LogP contribution is -2.70. The Morgan fingerprint density at radius 3 is 1.00 bits per heavy atom. The molecule has 0 bridgehead atoms. The number of phosphoric acid groups is 1. The number of rotatable bonds is 24. The van der Waals surface area contributed by atoms with Crippen LogP contribution in [0.3, 0.4) is 0 Å². The van der Waals surface area contributed by atoms with Crippen molar-refractivity contribution in [3.05, 3.63) is 0 Å². The average molecular weight is 1390 g/mol. The summed E-state index contributed by atoms with van der Waals surface area (Å²) >= 11 is 0. The van der Waals surface area contributed by atoms with Gasteiger partial charge in [-0.15, -0.1) is 0 Å². The SMILES string of the molecule is N[C@H]1C(O)O[C@H](CO)[C@@H](O[C@H]2O[C@H](CO[C@H]3O[C@H](CO)[C@@H](O)[C@H](O)[C@@H]3O[C@H]3O[C@H](COP(=O)(O)O)[C@@H](O)[C@H](O)[C@@H]3O[C@H]3O[C@H](CO)[C@@H](O)[C@H](O[C@H]4O[C@H](CO)[C@@H](O)[C@H](O)[C@@H]4O)[C@@H]3O[C@H]3O[C@H](CO)[C@@H](O)[C@H](O)[C@@H]3O[C@H]3O[C@H](CO)[C@@H](O)[C@H](O)[C@@H]3O)[C@@H](O)[C@H](O)[C@@H]2O)[C@@H]1O. The maximum Gasteiger partial charge on any atom is 0.469 e. The largest absolute Gasteiger partial charge is 0.469 e. The lowest BCUT2D eigenvalue weighted by molar-refractivity contribution is -0.423. The zero-order chi connectivity index (χ0) is 68.6. The van der Waals surface area contributed by atoms with E-state index in [4.69, 9.17) is 76.8 Å². The van der Waals surface area contributed by atoms with Crippen LogP contribution in [-0.4, -0.2) is 431 Å². The first-order chi connectivity index (χ1) is 43.8. The Morgan fingerprint density at radius 1 is 0.280 bits per heavy atom. The van der Waals surface area contributed by atoms with Crippen LogP contribution in [-0.2, 0) is 80.1 Å². The Hall–Kier alpha value is -1.49. The third-order valence-corrected chi connectivity index (χ3v) is 17.4. The minimum Gasteiger partial charge on any atom is -0.394 e. The molecule has 40 atom stereocenters. The Morgan fingerprint density at radius 2 is 0.570 bits per heavy atom. The van der Waals surface area contributed by atoms with Gasteiger partial charge in [0.2, 0.25) is 0 Å². The predicted octanol–water partition coefficient (Wildman–Crippen LogP) is -18.4. The van der Waals surface area contributed by atoms with Crippen LogP contribution in [0.15, 0.2) is 0 Å². The minimum atomic E-state index is -5.51. The lowest BCUT2D eigenvalue weighted by Gasteiger charge is -2.51. The van der Waals surface area contributed by atoms with Crippen molar-refractivity contribution in [2.24, 2.45) is 5.73 Å². The molecule has 45 heteroatoms. The zero-order valence-electron chi connectivity index (χ0n) is 48.3. The molecule has 0 saturated carbocycles. The average Bonchev–Trinajstić information content (AvgIpc) is 0.804. The van der Waals surface area contributed by atoms with Gasteiger partial charge in [0.1, 0.15) is 189 Å². The Balaban J connectivity index is 1.16. The molecule has 0 amide bonds. The summed E-state index contributed by atoms with van der Waals surface area (Å²) in [6, 6.07) is -1.57. The van der Waals surface area contributed by atoms with Gasteiger partial charge in [-0.3, -0.25) is 4.52 Å². The number of nitrogens with two attached hydrogens (primary N) is 1. The highest BCUT2D eigenvalue weighted by molar-refractivity contribution is 7.46. The van der Waals surface area contributed by atoms with Gasteiger partial charge in [0, 0.05) is 0 Å². The lowest BCUT2D eigenvalue weighted by atomic mass is 9.95. The van der Waals surface area contributed by atoms with Gasteiger partial charge in [-0.25, -0.2) is 4.57 Å². The molecule has 544 valence electrons. The molecular formula is C48H84NO43P. The number of hydrogen-bond donors (Lipinski definition) is 27. The normalized spacial score (nSPS) is 52.0. The van der Waals surface area contributed by atoms with Gasteiger partial charge in [-0.2, -0.15) is 0 Å². The van der Waals surface area contributed by atoms with Crippen molar-refractivity contribution in [3.63, 3.8) is 0 Å². The fourth-order valence-electron chi connectivity index (χ4n) is 11.5. The summed E-state index contributed by atoms with van der Waals surface area (Å²) in [5, 5.41) is 261. The molecule has 1 unspecified atom stereocenters. The standard InChI is InChI=1S/C48H84NO43P/c49-17-25(63)35(14(6-55)79-41(17)73)87-44-34(72)28(66)22(60)15(85-44)7-77-45-37(29(67)20(58)11(3-52)82-45)90-47-39(31(69)23(61)16(86-47)8-78-93(74,75)76)91-48-40(36(24(62)13(5-54)84-48)88-42-32(70)26(64)18(56)9(1-50)80-42)92-46-38(30(68)21(59)12(4-53)83-46)89-43-33(71)27(65)19(57)10(2-51)81-43/h9-48,50-73H,1-8,49H2,(H2,74,75,76)/t9-,10-,11-,12-,13-,14-,15-,16-,17-,18-,19-,20-,21-,22-,23-,24-,25-,26+,27+,28+,29+,30+,31+,32+,33+,34+,35-,36+,37+,38+,39+,40+,41?,42-,43-,44-,45+,46-,47-,48-/m1/s1. The van der Waals surface area contributed by atoms with Crippen LogP contribution in [0.25, 0.3) is 0 Å². The van der Waals surface area contributed by atoms with E-state index >= 15 is 0 Å². The molecule has 0 aromatic heterocycles. The molecule has 28 N–H and O–H groups in total. The molecule has 44 nitrogen and oxygen atoms in total. The minimum absolute atomic E-state index is 0.920. The van der Waals surface area contributed by atoms with Crippen LogP contribution < -0.4 is 5.73 Å². The first-order valence-electron chi connectivity index (χ1n) is 29.0. The Bertz CT molecular complexity index is 2330. The molecular weight excluding hydrogens is 1310 g/mol. The number of aliphatic hydroxyl groups is 24. The van der Waals surface area contributed by atoms with Crippen LogP contribution in [0.2, 0.25) is 0 Å². The third kappa shape index (κ3) is 16.8. The van der Waals surface area contributed by atoms with E-state index in [1.54, 1.807) is 0 Å². The van der Waals surface area contributed by atoms with E-state index in [9.17, 15) is 137 Å². The summed E-state index contributed by atoms with van der Waals surface area (Å²) < 4.78 is 103. The van der Waals surface area contributed by atoms with Gasteiger partial charge < -0.3 is 209 Å². The Labute approximate surface area is 523 Å². The van der Waals surface area contributed by atoms with Gasteiger partial charge in [0.25, 0.3) is 0 Å². The molecule has 8 rings (SSSR count). The molecule has 8 fully saturated rings. The van der Waals surface area contributed by atoms with Gasteiger partial charge in [0.05, 0.1) is 58.9 Å². The van der Waals surface area contributed by atoms with E-state index in [1.165, 1.54) is 0 Å². The number of hydrogen-bond acceptors (Lipinski definition) is 42. The first kappa shape index (κ1) is 77.3. The van der Waals surface area contributed by atoms with Gasteiger partial charge >= 0.3 is 7.82 Å². The summed E-state index contributed by atoms with van der Waals surface area (Å²) in [5.74, 6) is 0. The topological polar surface area (TPSA) is 717 Å². The molecule has 0 aliphatic carbocycles. The fraction of sp³-hybridized carbons (Fsp3) is 1.00. The highest BCUT2D eigenvalue weighted by atomic mass is 31.2. The van der Waals surface area contributed by atoms with E-state index < -0.39 is 306 Å². The van der Waals surface area contributed by atoms with Crippen LogP contribution >= 0.6 is 7.82 Å². The van der Waals surface area contributed by atoms with Crippen molar-refractivity contribution in [2.75, 3.05) is 52.9 Å². The van der Waals surface area contributed by atoms with Gasteiger partial charge in [-0.1, -0.05) is 0 Å². The molecule has 0 aromatic carbocycles. The molecule has 93 heavy (non-hydrogen) atoms. The summed E-state index contributed by atoms with van der Waals surface area (Å²) in [5.41, 5.74) is 5.80. The maximum absolute atomic E-state index is 12.1. The molecule has 8 heterocycles. The van der Waals surface area contributed by atoms with E-state index in [2.05, 4.69) is 4.52 Å². The van der Waals surface area contributed by atoms with E-state index in [1.807, 2.05) is 0 Å². The molecule has 8 aliphatic rings. The second-order valence-electron chi connectivity index (χ2n) is 23.1. The van der Waals surface area contributed by atoms with Gasteiger partial charge in [0.15, 0.2) is 50.3 Å². The van der Waals surface area contributed by atoms with Gasteiger partial charge in [-0.05, 0) is 0 Å². The van der Waals surface area contributed by atoms with Crippen molar-refractivity contribution >= 4 is 7.82 Å². The number of aliphatic hydroxyl groups excluding tert-OH is 24. The van der Waals surface area contributed by atoms with Crippen molar-refractivity contribution in [3.8, 4) is 0 Å². The molecule has 0 spiro atoms. The molecule has 8 aliphatic heterocycles. The second-order valence-corrected chi connectivity index (χ2v) is 24.3. The zero-order valence-corrected chi connectivity index (χ0v) is 49.2. The molecule has 0 radical (unpaired) electrons. The highest BCUT2D eigenvalue weighted by Crippen LogP contribution is 2.41. The smallest absolute Gasteiger partial charge is 0.394 e. The molecule has 8 saturated heterocycles. The monoisotopic (exact) mass is 1390 g/mol. The predicted molar refractivity (Wildman–Crippen MR) is 277 cm³/mol. The fourth-order valence-corrected chi connectivity index (χ4v) is 11.8.